The first-order valence-corrected chi connectivity index (χ1v) is 16.7. The predicted molar refractivity (Wildman–Crippen MR) is 175 cm³/mol. The van der Waals surface area contributed by atoms with E-state index in [1.165, 1.54) is 57.8 Å². The highest BCUT2D eigenvalue weighted by atomic mass is 16.3. The van der Waals surface area contributed by atoms with Gasteiger partial charge in [-0.25, -0.2) is 0 Å². The molecule has 4 nitrogen and oxygen atoms in total. The molecule has 1 amide bonds. The first-order chi connectivity index (χ1) is 22.3. The zero-order chi connectivity index (χ0) is 35.4. The molecule has 0 aliphatic rings. The average molecular weight is 571 g/mol. The third kappa shape index (κ3) is 28.4. The number of rotatable bonds is 31. The Morgan fingerprint density at radius 3 is 1.73 bits per heavy atom. The highest BCUT2D eigenvalue weighted by Gasteiger charge is 2.17. The molecule has 0 aliphatic heterocycles. The Balaban J connectivity index is 3.82. The number of nitrogens with one attached hydrogen (secondary N) is 1. The van der Waals surface area contributed by atoms with Crippen molar-refractivity contribution in [3.8, 4) is 0 Å². The lowest BCUT2D eigenvalue weighted by molar-refractivity contribution is -0.123. The summed E-state index contributed by atoms with van der Waals surface area (Å²) < 4.78 is 52.8. The Bertz CT molecular complexity index is 819. The first kappa shape index (κ1) is 27.7. The number of aliphatic hydroxyl groups excluding tert-OH is 2. The van der Waals surface area contributed by atoms with E-state index in [1.807, 2.05) is 6.08 Å². The van der Waals surface area contributed by atoms with Gasteiger partial charge >= 0.3 is 0 Å². The molecule has 4 heteroatoms. The van der Waals surface area contributed by atoms with Gasteiger partial charge in [0, 0.05) is 16.0 Å². The largest absolute Gasteiger partial charge is 0.394 e. The first-order valence-electron chi connectivity index (χ1n) is 20.2. The Labute approximate surface area is 259 Å². The van der Waals surface area contributed by atoms with Crippen LogP contribution in [0.4, 0.5) is 0 Å². The van der Waals surface area contributed by atoms with E-state index in [9.17, 15) is 15.0 Å². The van der Waals surface area contributed by atoms with E-state index in [1.54, 1.807) is 6.08 Å². The maximum Gasteiger partial charge on any atom is 0.220 e. The minimum Gasteiger partial charge on any atom is -0.394 e. The van der Waals surface area contributed by atoms with Crippen molar-refractivity contribution in [3.05, 3.63) is 24.3 Å². The van der Waals surface area contributed by atoms with Gasteiger partial charge in [0.25, 0.3) is 0 Å². The molecule has 236 valence electrons. The molecule has 2 atom stereocenters. The molecule has 0 saturated carbocycles. The number of amides is 1. The van der Waals surface area contributed by atoms with Crippen LogP contribution in [0.1, 0.15) is 190 Å². The standard InChI is InChI=1S/C36H69NO3/c1-3-5-7-9-11-13-15-17-18-20-22-24-26-28-30-32-36(40)37-34(33-38)35(39)31-29-27-25-23-21-19-16-14-12-10-8-6-4-2/h17-18,29,31,34-35,38-39H,3-16,19-28,30,32-33H2,1-2H3,(H,37,40)/b18-17-,31-29+/t34-,35+/m0/s1/i2D3,4D2,6D2. The van der Waals surface area contributed by atoms with E-state index in [0.29, 0.717) is 12.8 Å². The molecule has 0 radical (unpaired) electrons. The van der Waals surface area contributed by atoms with Crippen LogP contribution in [0.5, 0.6) is 0 Å². The summed E-state index contributed by atoms with van der Waals surface area (Å²) in [5, 5.41) is 22.8. The van der Waals surface area contributed by atoms with E-state index < -0.39 is 31.7 Å². The van der Waals surface area contributed by atoms with Gasteiger partial charge in [-0.2, -0.15) is 0 Å². The van der Waals surface area contributed by atoms with Gasteiger partial charge in [0.2, 0.25) is 5.91 Å². The number of unbranched alkanes of at least 4 members (excludes halogenated alkanes) is 19. The van der Waals surface area contributed by atoms with Crippen molar-refractivity contribution in [1.29, 1.82) is 0 Å². The summed E-state index contributed by atoms with van der Waals surface area (Å²) in [7, 11) is 0. The molecule has 40 heavy (non-hydrogen) atoms. The van der Waals surface area contributed by atoms with Crippen LogP contribution in [0.15, 0.2) is 24.3 Å². The summed E-state index contributed by atoms with van der Waals surface area (Å²) in [5.74, 6) is -0.135. The highest BCUT2D eigenvalue weighted by Crippen LogP contribution is 2.13. The summed E-state index contributed by atoms with van der Waals surface area (Å²) in [6.07, 6.45) is 26.0. The zero-order valence-corrected chi connectivity index (χ0v) is 25.9. The molecule has 0 bridgehead atoms. The van der Waals surface area contributed by atoms with E-state index in [-0.39, 0.29) is 18.9 Å². The van der Waals surface area contributed by atoms with Crippen molar-refractivity contribution >= 4 is 5.91 Å². The van der Waals surface area contributed by atoms with Gasteiger partial charge < -0.3 is 15.5 Å². The maximum absolute atomic E-state index is 12.3. The second-order valence-electron chi connectivity index (χ2n) is 11.3. The molecule has 0 rings (SSSR count). The van der Waals surface area contributed by atoms with Crippen molar-refractivity contribution in [2.75, 3.05) is 6.61 Å². The molecule has 0 unspecified atom stereocenters. The van der Waals surface area contributed by atoms with E-state index in [2.05, 4.69) is 24.4 Å². The van der Waals surface area contributed by atoms with Crippen molar-refractivity contribution in [3.63, 3.8) is 0 Å². The van der Waals surface area contributed by atoms with Gasteiger partial charge in [-0.1, -0.05) is 154 Å². The molecular weight excluding hydrogens is 494 g/mol. The summed E-state index contributed by atoms with van der Waals surface area (Å²) >= 11 is 0. The number of carbonyl (C=O) groups excluding carboxylic acids is 1. The summed E-state index contributed by atoms with van der Waals surface area (Å²) in [5.41, 5.74) is 0. The Hall–Kier alpha value is -1.13. The molecule has 0 fully saturated rings. The van der Waals surface area contributed by atoms with Gasteiger partial charge in [0.15, 0.2) is 0 Å². The van der Waals surface area contributed by atoms with Gasteiger partial charge in [0.1, 0.15) is 0 Å². The normalized spacial score (nSPS) is 17.0. The van der Waals surface area contributed by atoms with Crippen molar-refractivity contribution in [2.45, 2.75) is 193 Å². The molecule has 0 aromatic rings. The zero-order valence-electron chi connectivity index (χ0n) is 32.9. The van der Waals surface area contributed by atoms with Crippen LogP contribution >= 0.6 is 0 Å². The summed E-state index contributed by atoms with van der Waals surface area (Å²) in [6.45, 7) is -1.05. The Morgan fingerprint density at radius 2 is 1.20 bits per heavy atom. The fraction of sp³-hybridized carbons (Fsp3) is 0.861. The minimum absolute atomic E-state index is 0.102. The molecular formula is C36H69NO3. The monoisotopic (exact) mass is 571 g/mol. The van der Waals surface area contributed by atoms with E-state index >= 15 is 0 Å². The lowest BCUT2D eigenvalue weighted by Gasteiger charge is -2.20. The lowest BCUT2D eigenvalue weighted by atomic mass is 10.0. The van der Waals surface area contributed by atoms with Crippen LogP contribution in [0.2, 0.25) is 0 Å². The molecule has 3 N–H and O–H groups in total. The minimum atomic E-state index is -2.98. The van der Waals surface area contributed by atoms with Crippen molar-refractivity contribution in [2.24, 2.45) is 0 Å². The highest BCUT2D eigenvalue weighted by molar-refractivity contribution is 5.76. The van der Waals surface area contributed by atoms with Crippen LogP contribution in [-0.4, -0.2) is 34.9 Å². The summed E-state index contributed by atoms with van der Waals surface area (Å²) in [6, 6.07) is -0.704. The maximum atomic E-state index is 12.3. The molecule has 0 aromatic carbocycles. The van der Waals surface area contributed by atoms with Crippen LogP contribution in [-0.2, 0) is 4.79 Å². The SMILES string of the molecule is [2H]C([2H])([2H])C([2H])([2H])C([2H])([2H])CCCCCCCCCC/C=C/[C@@H](O)[C@H](CO)NC(=O)CCCCCCC/C=C\CCCCCCCC. The second-order valence-corrected chi connectivity index (χ2v) is 11.3. The van der Waals surface area contributed by atoms with Crippen LogP contribution in [0.3, 0.4) is 0 Å². The molecule has 0 spiro atoms. The van der Waals surface area contributed by atoms with Gasteiger partial charge in [-0.3, -0.25) is 4.79 Å². The third-order valence-electron chi connectivity index (χ3n) is 7.47. The lowest BCUT2D eigenvalue weighted by Crippen LogP contribution is -2.45. The van der Waals surface area contributed by atoms with Crippen molar-refractivity contribution < 1.29 is 24.6 Å². The number of aliphatic hydroxyl groups is 2. The van der Waals surface area contributed by atoms with Crippen LogP contribution in [0.25, 0.3) is 0 Å². The van der Waals surface area contributed by atoms with E-state index in [0.717, 1.165) is 77.0 Å². The fourth-order valence-electron chi connectivity index (χ4n) is 4.84. The molecule has 0 aliphatic carbocycles. The van der Waals surface area contributed by atoms with Gasteiger partial charge in [0.05, 0.1) is 18.8 Å². The average Bonchev–Trinajstić information content (AvgIpc) is 3.01. The Morgan fingerprint density at radius 1 is 0.725 bits per heavy atom. The number of allylic oxidation sites excluding steroid dienone is 3. The quantitative estimate of drug-likeness (QED) is 0.0573. The van der Waals surface area contributed by atoms with Crippen LogP contribution < -0.4 is 5.32 Å². The smallest absolute Gasteiger partial charge is 0.220 e. The molecule has 0 aromatic heterocycles. The Kier molecular flexibility index (Phi) is 22.4. The van der Waals surface area contributed by atoms with Gasteiger partial charge in [-0.15, -0.1) is 0 Å². The fourth-order valence-corrected chi connectivity index (χ4v) is 4.84. The number of hydrogen-bond donors (Lipinski definition) is 3. The van der Waals surface area contributed by atoms with Crippen LogP contribution in [0, 0.1) is 0 Å². The topological polar surface area (TPSA) is 69.6 Å². The second kappa shape index (κ2) is 32.4. The van der Waals surface area contributed by atoms with Crippen molar-refractivity contribution in [1.82, 2.24) is 5.32 Å². The molecule has 0 saturated heterocycles. The summed E-state index contributed by atoms with van der Waals surface area (Å²) in [4.78, 5) is 12.3. The van der Waals surface area contributed by atoms with E-state index in [4.69, 9.17) is 9.60 Å². The number of hydrogen-bond acceptors (Lipinski definition) is 3. The predicted octanol–water partition coefficient (Wildman–Crippen LogP) is 10.1. The third-order valence-corrected chi connectivity index (χ3v) is 7.47. The molecule has 0 heterocycles. The van der Waals surface area contributed by atoms with Gasteiger partial charge in [-0.05, 0) is 44.9 Å². The number of carbonyl (C=O) groups is 1.